The van der Waals surface area contributed by atoms with E-state index in [1.54, 1.807) is 0 Å². The van der Waals surface area contributed by atoms with Gasteiger partial charge in [0.25, 0.3) is 0 Å². The Kier molecular flexibility index (Phi) is 13.1. The second kappa shape index (κ2) is 15.7. The average Bonchev–Trinajstić information content (AvgIpc) is 2.74. The van der Waals surface area contributed by atoms with Crippen LogP contribution in [0.4, 0.5) is 0 Å². The number of hydrogen-bond acceptors (Lipinski definition) is 4. The normalized spacial score (nSPS) is 15.7. The van der Waals surface area contributed by atoms with Gasteiger partial charge in [0.15, 0.2) is 0 Å². The molecule has 1 aliphatic rings. The number of unbranched alkanes of at least 4 members (excludes halogenated alkanes) is 8. The highest BCUT2D eigenvalue weighted by Gasteiger charge is 2.12. The number of nitrogens with zero attached hydrogens (tertiary/aromatic N) is 2. The molecule has 0 atom stereocenters. The molecule has 0 saturated carbocycles. The summed E-state index contributed by atoms with van der Waals surface area (Å²) in [7, 11) is 2.21. The fraction of sp³-hybridized carbons (Fsp3) is 0.760. The van der Waals surface area contributed by atoms with Crippen LogP contribution in [0.25, 0.3) is 0 Å². The highest BCUT2D eigenvalue weighted by atomic mass is 16.5. The summed E-state index contributed by atoms with van der Waals surface area (Å²) in [5, 5.41) is 8.76. The van der Waals surface area contributed by atoms with Crippen LogP contribution in [-0.2, 0) is 6.42 Å². The molecule has 0 radical (unpaired) electrons. The third-order valence-corrected chi connectivity index (χ3v) is 6.03. The number of aliphatic hydroxyl groups is 1. The van der Waals surface area contributed by atoms with Crippen molar-refractivity contribution in [3.63, 3.8) is 0 Å². The van der Waals surface area contributed by atoms with Gasteiger partial charge in [-0.15, -0.1) is 0 Å². The van der Waals surface area contributed by atoms with Gasteiger partial charge < -0.3 is 19.6 Å². The Morgan fingerprint density at radius 1 is 0.759 bits per heavy atom. The maximum absolute atomic E-state index is 8.76. The summed E-state index contributed by atoms with van der Waals surface area (Å²) in [6, 6.07) is 8.74. The first-order valence-corrected chi connectivity index (χ1v) is 12.0. The lowest BCUT2D eigenvalue weighted by molar-refractivity contribution is 0.153. The van der Waals surface area contributed by atoms with Crippen molar-refractivity contribution >= 4 is 0 Å². The highest BCUT2D eigenvalue weighted by molar-refractivity contribution is 5.27. The van der Waals surface area contributed by atoms with Crippen molar-refractivity contribution in [2.24, 2.45) is 0 Å². The van der Waals surface area contributed by atoms with Gasteiger partial charge in [-0.2, -0.15) is 0 Å². The largest absolute Gasteiger partial charge is 0.494 e. The van der Waals surface area contributed by atoms with Crippen molar-refractivity contribution in [2.75, 3.05) is 53.0 Å². The van der Waals surface area contributed by atoms with Crippen LogP contribution in [0, 0.1) is 0 Å². The predicted octanol–water partition coefficient (Wildman–Crippen LogP) is 4.75. The zero-order valence-corrected chi connectivity index (χ0v) is 18.8. The monoisotopic (exact) mass is 404 g/mol. The molecule has 1 saturated heterocycles. The Bertz CT molecular complexity index is 498. The molecule has 0 bridgehead atoms. The summed E-state index contributed by atoms with van der Waals surface area (Å²) in [6.45, 7) is 7.24. The zero-order valence-electron chi connectivity index (χ0n) is 18.8. The van der Waals surface area contributed by atoms with E-state index in [2.05, 4.69) is 41.1 Å². The number of aliphatic hydroxyl groups excluding tert-OH is 1. The fourth-order valence-electron chi connectivity index (χ4n) is 3.97. The van der Waals surface area contributed by atoms with Crippen LogP contribution < -0.4 is 4.74 Å². The van der Waals surface area contributed by atoms with Crippen molar-refractivity contribution in [1.29, 1.82) is 0 Å². The molecule has 0 amide bonds. The van der Waals surface area contributed by atoms with Crippen LogP contribution in [0.1, 0.15) is 69.8 Å². The Labute approximate surface area is 179 Å². The summed E-state index contributed by atoms with van der Waals surface area (Å²) in [5.41, 5.74) is 1.42. The summed E-state index contributed by atoms with van der Waals surface area (Å²) >= 11 is 0. The zero-order chi connectivity index (χ0) is 20.6. The number of likely N-dealkylation sites (N-methyl/N-ethyl adjacent to an activating group) is 1. The first kappa shape index (κ1) is 24.2. The topological polar surface area (TPSA) is 35.9 Å². The maximum atomic E-state index is 8.76. The lowest BCUT2D eigenvalue weighted by Crippen LogP contribution is -2.44. The van der Waals surface area contributed by atoms with Gasteiger partial charge in [-0.25, -0.2) is 0 Å². The molecule has 0 aromatic heterocycles. The van der Waals surface area contributed by atoms with E-state index in [1.807, 2.05) is 0 Å². The summed E-state index contributed by atoms with van der Waals surface area (Å²) in [4.78, 5) is 5.01. The number of aryl methyl sites for hydroxylation is 1. The van der Waals surface area contributed by atoms with E-state index >= 15 is 0 Å². The minimum Gasteiger partial charge on any atom is -0.494 e. The van der Waals surface area contributed by atoms with E-state index < -0.39 is 0 Å². The molecule has 1 N–H and O–H groups in total. The van der Waals surface area contributed by atoms with Gasteiger partial charge in [0.2, 0.25) is 0 Å². The number of rotatable bonds is 16. The van der Waals surface area contributed by atoms with Crippen LogP contribution in [0.5, 0.6) is 5.75 Å². The first-order chi connectivity index (χ1) is 14.3. The molecule has 4 nitrogen and oxygen atoms in total. The lowest BCUT2D eigenvalue weighted by atomic mass is 10.1. The predicted molar refractivity (Wildman–Crippen MR) is 123 cm³/mol. The molecule has 1 aromatic carbocycles. The van der Waals surface area contributed by atoms with E-state index in [0.717, 1.165) is 31.6 Å². The van der Waals surface area contributed by atoms with Crippen LogP contribution in [0.3, 0.4) is 0 Å². The molecule has 1 fully saturated rings. The summed E-state index contributed by atoms with van der Waals surface area (Å²) < 4.78 is 5.91. The quantitative estimate of drug-likeness (QED) is 0.403. The van der Waals surface area contributed by atoms with Crippen LogP contribution in [0.2, 0.25) is 0 Å². The van der Waals surface area contributed by atoms with Crippen molar-refractivity contribution in [1.82, 2.24) is 9.80 Å². The molecule has 29 heavy (non-hydrogen) atoms. The molecule has 1 heterocycles. The third kappa shape index (κ3) is 11.6. The molecule has 166 valence electrons. The standard InChI is InChI=1S/C25H44N2O2/c1-26-18-20-27(21-19-26)17-11-12-24-13-15-25(16-14-24)29-23-10-8-6-4-2-3-5-7-9-22-28/h13-16,28H,2-12,17-23H2,1H3. The summed E-state index contributed by atoms with van der Waals surface area (Å²) in [5.74, 6) is 1.01. The highest BCUT2D eigenvalue weighted by Crippen LogP contribution is 2.15. The molecule has 0 aliphatic carbocycles. The third-order valence-electron chi connectivity index (χ3n) is 6.03. The molecular weight excluding hydrogens is 360 g/mol. The second-order valence-electron chi connectivity index (χ2n) is 8.65. The molecule has 1 aromatic rings. The van der Waals surface area contributed by atoms with Crippen molar-refractivity contribution in [3.8, 4) is 5.75 Å². The maximum Gasteiger partial charge on any atom is 0.119 e. The van der Waals surface area contributed by atoms with Crippen molar-refractivity contribution in [2.45, 2.75) is 70.6 Å². The number of hydrogen-bond donors (Lipinski definition) is 1. The van der Waals surface area contributed by atoms with Gasteiger partial charge in [-0.05, 0) is 57.0 Å². The second-order valence-corrected chi connectivity index (χ2v) is 8.65. The van der Waals surface area contributed by atoms with E-state index in [0.29, 0.717) is 6.61 Å². The fourth-order valence-corrected chi connectivity index (χ4v) is 3.97. The Morgan fingerprint density at radius 3 is 1.97 bits per heavy atom. The SMILES string of the molecule is CN1CCN(CCCc2ccc(OCCCCCCCCCCCO)cc2)CC1. The first-order valence-electron chi connectivity index (χ1n) is 12.0. The number of benzene rings is 1. The Hall–Kier alpha value is -1.10. The molecule has 2 rings (SSSR count). The van der Waals surface area contributed by atoms with Crippen LogP contribution in [-0.4, -0.2) is 67.9 Å². The molecule has 0 spiro atoms. The Morgan fingerprint density at radius 2 is 1.34 bits per heavy atom. The number of ether oxygens (including phenoxy) is 1. The van der Waals surface area contributed by atoms with Gasteiger partial charge >= 0.3 is 0 Å². The van der Waals surface area contributed by atoms with E-state index in [4.69, 9.17) is 9.84 Å². The van der Waals surface area contributed by atoms with Gasteiger partial charge in [-0.3, -0.25) is 0 Å². The van der Waals surface area contributed by atoms with Gasteiger partial charge in [0.05, 0.1) is 6.61 Å². The van der Waals surface area contributed by atoms with Crippen LogP contribution >= 0.6 is 0 Å². The van der Waals surface area contributed by atoms with Gasteiger partial charge in [0, 0.05) is 32.8 Å². The van der Waals surface area contributed by atoms with E-state index in [1.165, 1.54) is 89.7 Å². The lowest BCUT2D eigenvalue weighted by Gasteiger charge is -2.32. The average molecular weight is 405 g/mol. The van der Waals surface area contributed by atoms with Crippen LogP contribution in [0.15, 0.2) is 24.3 Å². The molecular formula is C25H44N2O2. The molecule has 0 unspecified atom stereocenters. The van der Waals surface area contributed by atoms with Gasteiger partial charge in [0.1, 0.15) is 5.75 Å². The van der Waals surface area contributed by atoms with Crippen molar-refractivity contribution in [3.05, 3.63) is 29.8 Å². The van der Waals surface area contributed by atoms with Crippen molar-refractivity contribution < 1.29 is 9.84 Å². The van der Waals surface area contributed by atoms with E-state index in [9.17, 15) is 0 Å². The van der Waals surface area contributed by atoms with Gasteiger partial charge in [-0.1, -0.05) is 57.1 Å². The smallest absolute Gasteiger partial charge is 0.119 e. The number of piperazine rings is 1. The molecule has 4 heteroatoms. The molecule has 1 aliphatic heterocycles. The minimum atomic E-state index is 0.347. The summed E-state index contributed by atoms with van der Waals surface area (Å²) in [6.07, 6.45) is 13.5. The Balaban J connectivity index is 1.43. The minimum absolute atomic E-state index is 0.347. The van der Waals surface area contributed by atoms with E-state index in [-0.39, 0.29) is 0 Å².